The van der Waals surface area contributed by atoms with Crippen LogP contribution in [0.25, 0.3) is 11.5 Å². The zero-order valence-electron chi connectivity index (χ0n) is 10.3. The lowest BCUT2D eigenvalue weighted by Gasteiger charge is -1.99. The van der Waals surface area contributed by atoms with Crippen molar-refractivity contribution in [3.63, 3.8) is 0 Å². The van der Waals surface area contributed by atoms with Crippen molar-refractivity contribution >= 4 is 11.8 Å². The molecule has 0 unspecified atom stereocenters. The minimum Gasteiger partial charge on any atom is -0.334 e. The van der Waals surface area contributed by atoms with E-state index < -0.39 is 0 Å². The summed E-state index contributed by atoms with van der Waals surface area (Å²) in [5.41, 5.74) is 1.37. The van der Waals surface area contributed by atoms with E-state index in [0.717, 1.165) is 11.3 Å². The molecule has 0 radical (unpaired) electrons. The minimum atomic E-state index is 0.464. The summed E-state index contributed by atoms with van der Waals surface area (Å²) in [5.74, 6) is 1.89. The Bertz CT molecular complexity index is 572. The standard InChI is InChI=1S/C13H13N3OS/c1-9(2)18-8-12-15-13(17-16-12)11-5-3-4-10(6-11)7-14/h3-6,9H,8H2,1-2H3. The van der Waals surface area contributed by atoms with Crippen molar-refractivity contribution in [3.8, 4) is 17.5 Å². The first-order valence-corrected chi connectivity index (χ1v) is 6.68. The summed E-state index contributed by atoms with van der Waals surface area (Å²) in [6, 6.07) is 9.24. The van der Waals surface area contributed by atoms with Gasteiger partial charge in [-0.25, -0.2) is 0 Å². The Labute approximate surface area is 110 Å². The van der Waals surface area contributed by atoms with Crippen LogP contribution in [0.5, 0.6) is 0 Å². The van der Waals surface area contributed by atoms with Crippen LogP contribution in [-0.4, -0.2) is 15.4 Å². The quantitative estimate of drug-likeness (QED) is 0.843. The molecule has 0 aliphatic heterocycles. The zero-order valence-corrected chi connectivity index (χ0v) is 11.1. The highest BCUT2D eigenvalue weighted by atomic mass is 32.2. The average molecular weight is 259 g/mol. The number of hydrogen-bond acceptors (Lipinski definition) is 5. The van der Waals surface area contributed by atoms with Gasteiger partial charge in [-0.3, -0.25) is 0 Å². The third kappa shape index (κ3) is 3.11. The van der Waals surface area contributed by atoms with E-state index in [1.165, 1.54) is 0 Å². The molecule has 0 saturated heterocycles. The predicted molar refractivity (Wildman–Crippen MR) is 70.9 cm³/mol. The third-order valence-corrected chi connectivity index (χ3v) is 3.34. The molecule has 0 amide bonds. The topological polar surface area (TPSA) is 62.7 Å². The van der Waals surface area contributed by atoms with Crippen molar-refractivity contribution in [1.29, 1.82) is 5.26 Å². The van der Waals surface area contributed by atoms with E-state index in [1.54, 1.807) is 30.0 Å². The smallest absolute Gasteiger partial charge is 0.257 e. The van der Waals surface area contributed by atoms with Gasteiger partial charge >= 0.3 is 0 Å². The summed E-state index contributed by atoms with van der Waals surface area (Å²) in [6.45, 7) is 4.25. The SMILES string of the molecule is CC(C)SCc1noc(-c2cccc(C#N)c2)n1. The minimum absolute atomic E-state index is 0.464. The van der Waals surface area contributed by atoms with Crippen LogP contribution in [0, 0.1) is 11.3 Å². The summed E-state index contributed by atoms with van der Waals surface area (Å²) in [6.07, 6.45) is 0. The highest BCUT2D eigenvalue weighted by Crippen LogP contribution is 2.21. The average Bonchev–Trinajstić information content (AvgIpc) is 2.85. The van der Waals surface area contributed by atoms with Gasteiger partial charge in [0.25, 0.3) is 5.89 Å². The van der Waals surface area contributed by atoms with Gasteiger partial charge < -0.3 is 4.52 Å². The number of nitriles is 1. The van der Waals surface area contributed by atoms with E-state index in [9.17, 15) is 0 Å². The van der Waals surface area contributed by atoms with Crippen molar-refractivity contribution in [2.75, 3.05) is 0 Å². The monoisotopic (exact) mass is 259 g/mol. The van der Waals surface area contributed by atoms with Gasteiger partial charge in [0.05, 0.1) is 17.4 Å². The molecule has 4 nitrogen and oxygen atoms in total. The Morgan fingerprint density at radius 2 is 2.28 bits per heavy atom. The summed E-state index contributed by atoms with van der Waals surface area (Å²) in [5, 5.41) is 13.3. The first-order valence-electron chi connectivity index (χ1n) is 5.64. The second kappa shape index (κ2) is 5.69. The molecule has 1 aromatic carbocycles. The first kappa shape index (κ1) is 12.7. The van der Waals surface area contributed by atoms with Crippen LogP contribution in [0.3, 0.4) is 0 Å². The molecule has 0 atom stereocenters. The molecule has 0 N–H and O–H groups in total. The second-order valence-corrected chi connectivity index (χ2v) is 5.63. The maximum Gasteiger partial charge on any atom is 0.257 e. The van der Waals surface area contributed by atoms with Gasteiger partial charge in [0, 0.05) is 5.56 Å². The third-order valence-electron chi connectivity index (χ3n) is 2.25. The number of hydrogen-bond donors (Lipinski definition) is 0. The van der Waals surface area contributed by atoms with E-state index >= 15 is 0 Å². The molecule has 1 heterocycles. The van der Waals surface area contributed by atoms with Crippen LogP contribution in [-0.2, 0) is 5.75 Å². The molecule has 0 aliphatic rings. The molecule has 0 spiro atoms. The van der Waals surface area contributed by atoms with Crippen molar-refractivity contribution in [3.05, 3.63) is 35.7 Å². The number of rotatable bonds is 4. The largest absolute Gasteiger partial charge is 0.334 e. The van der Waals surface area contributed by atoms with Gasteiger partial charge in [0.1, 0.15) is 0 Å². The molecule has 92 valence electrons. The van der Waals surface area contributed by atoms with E-state index in [1.807, 2.05) is 6.07 Å². The van der Waals surface area contributed by atoms with Gasteiger partial charge in [-0.05, 0) is 23.4 Å². The number of nitrogens with zero attached hydrogens (tertiary/aromatic N) is 3. The Morgan fingerprint density at radius 3 is 3.00 bits per heavy atom. The Kier molecular flexibility index (Phi) is 4.00. The fraction of sp³-hybridized carbons (Fsp3) is 0.308. The van der Waals surface area contributed by atoms with Crippen LogP contribution in [0.2, 0.25) is 0 Å². The van der Waals surface area contributed by atoms with E-state index in [-0.39, 0.29) is 0 Å². The fourth-order valence-electron chi connectivity index (χ4n) is 1.39. The van der Waals surface area contributed by atoms with Crippen LogP contribution in [0.4, 0.5) is 0 Å². The Morgan fingerprint density at radius 1 is 1.44 bits per heavy atom. The van der Waals surface area contributed by atoms with Crippen LogP contribution in [0.15, 0.2) is 28.8 Å². The van der Waals surface area contributed by atoms with Crippen molar-refractivity contribution in [2.24, 2.45) is 0 Å². The molecule has 0 fully saturated rings. The maximum atomic E-state index is 8.84. The summed E-state index contributed by atoms with van der Waals surface area (Å²) in [4.78, 5) is 4.32. The van der Waals surface area contributed by atoms with Gasteiger partial charge in [0.2, 0.25) is 0 Å². The lowest BCUT2D eigenvalue weighted by molar-refractivity contribution is 0.425. The van der Waals surface area contributed by atoms with Crippen molar-refractivity contribution in [2.45, 2.75) is 24.9 Å². The predicted octanol–water partition coefficient (Wildman–Crippen LogP) is 3.25. The molecule has 0 saturated carbocycles. The van der Waals surface area contributed by atoms with Crippen LogP contribution >= 0.6 is 11.8 Å². The van der Waals surface area contributed by atoms with Gasteiger partial charge in [-0.15, -0.1) is 0 Å². The first-order chi connectivity index (χ1) is 8.69. The number of aromatic nitrogens is 2. The fourth-order valence-corrected chi connectivity index (χ4v) is 1.99. The van der Waals surface area contributed by atoms with E-state index in [0.29, 0.717) is 22.5 Å². The highest BCUT2D eigenvalue weighted by Gasteiger charge is 2.09. The molecular formula is C13H13N3OS. The summed E-state index contributed by atoms with van der Waals surface area (Å²) in [7, 11) is 0. The van der Waals surface area contributed by atoms with Gasteiger partial charge in [-0.1, -0.05) is 25.1 Å². The molecular weight excluding hydrogens is 246 g/mol. The molecule has 18 heavy (non-hydrogen) atoms. The molecule has 5 heteroatoms. The van der Waals surface area contributed by atoms with Gasteiger partial charge in [0.15, 0.2) is 5.82 Å². The maximum absolute atomic E-state index is 8.84. The van der Waals surface area contributed by atoms with E-state index in [4.69, 9.17) is 9.78 Å². The normalized spacial score (nSPS) is 10.6. The molecule has 2 rings (SSSR count). The van der Waals surface area contributed by atoms with Crippen LogP contribution < -0.4 is 0 Å². The lowest BCUT2D eigenvalue weighted by Crippen LogP contribution is -1.90. The molecule has 0 aliphatic carbocycles. The van der Waals surface area contributed by atoms with Crippen molar-refractivity contribution < 1.29 is 4.52 Å². The number of benzene rings is 1. The van der Waals surface area contributed by atoms with E-state index in [2.05, 4.69) is 30.1 Å². The molecule has 2 aromatic rings. The number of thioether (sulfide) groups is 1. The Balaban J connectivity index is 2.16. The summed E-state index contributed by atoms with van der Waals surface area (Å²) >= 11 is 1.76. The second-order valence-electron chi connectivity index (χ2n) is 4.07. The molecule has 0 bridgehead atoms. The van der Waals surface area contributed by atoms with Crippen molar-refractivity contribution in [1.82, 2.24) is 10.1 Å². The Hall–Kier alpha value is -1.80. The molecule has 1 aromatic heterocycles. The zero-order chi connectivity index (χ0) is 13.0. The van der Waals surface area contributed by atoms with Gasteiger partial charge in [-0.2, -0.15) is 22.0 Å². The highest BCUT2D eigenvalue weighted by molar-refractivity contribution is 7.99. The van der Waals surface area contributed by atoms with Crippen LogP contribution in [0.1, 0.15) is 25.2 Å². The summed E-state index contributed by atoms with van der Waals surface area (Å²) < 4.78 is 5.20. The lowest BCUT2D eigenvalue weighted by atomic mass is 10.1.